The number of likely N-dealkylation sites (tertiary alicyclic amines) is 1. The van der Waals surface area contributed by atoms with Gasteiger partial charge in [-0.25, -0.2) is 4.39 Å². The Morgan fingerprint density at radius 3 is 2.86 bits per heavy atom. The first-order valence-corrected chi connectivity index (χ1v) is 7.44. The third kappa shape index (κ3) is 3.84. The van der Waals surface area contributed by atoms with Crippen molar-refractivity contribution in [1.82, 2.24) is 15.1 Å². The molecule has 2 N–H and O–H groups in total. The minimum atomic E-state index is -0.882. The van der Waals surface area contributed by atoms with Gasteiger partial charge >= 0.3 is 0 Å². The number of benzene rings is 1. The van der Waals surface area contributed by atoms with Crippen LogP contribution in [0.25, 0.3) is 0 Å². The van der Waals surface area contributed by atoms with Crippen molar-refractivity contribution < 1.29 is 14.2 Å². The molecule has 0 aliphatic carbocycles. The molecule has 5 nitrogen and oxygen atoms in total. The molecule has 2 heterocycles. The summed E-state index contributed by atoms with van der Waals surface area (Å²) in [5.41, 5.74) is 0.149. The van der Waals surface area contributed by atoms with Crippen molar-refractivity contribution in [2.24, 2.45) is 0 Å². The highest BCUT2D eigenvalue weighted by Crippen LogP contribution is 2.24. The molecule has 1 aromatic heterocycles. The second-order valence-electron chi connectivity index (χ2n) is 5.86. The first-order valence-electron chi connectivity index (χ1n) is 7.44. The van der Waals surface area contributed by atoms with E-state index >= 15 is 0 Å². The molecule has 1 unspecified atom stereocenters. The lowest BCUT2D eigenvalue weighted by Crippen LogP contribution is -2.51. The number of rotatable bonds is 5. The molecule has 3 rings (SSSR count). The van der Waals surface area contributed by atoms with Crippen molar-refractivity contribution >= 4 is 0 Å². The van der Waals surface area contributed by atoms with E-state index in [-0.39, 0.29) is 12.4 Å². The van der Waals surface area contributed by atoms with Crippen molar-refractivity contribution in [3.8, 4) is 5.75 Å². The lowest BCUT2D eigenvalue weighted by Gasteiger charge is -2.38. The van der Waals surface area contributed by atoms with Crippen molar-refractivity contribution in [3.63, 3.8) is 0 Å². The van der Waals surface area contributed by atoms with Crippen LogP contribution in [-0.4, -0.2) is 45.5 Å². The molecule has 1 saturated heterocycles. The van der Waals surface area contributed by atoms with Crippen LogP contribution in [0.3, 0.4) is 0 Å². The van der Waals surface area contributed by atoms with Crippen molar-refractivity contribution in [1.29, 1.82) is 0 Å². The maximum absolute atomic E-state index is 12.9. The highest BCUT2D eigenvalue weighted by atomic mass is 19.1. The van der Waals surface area contributed by atoms with Crippen LogP contribution in [0.4, 0.5) is 4.39 Å². The predicted molar refractivity (Wildman–Crippen MR) is 79.9 cm³/mol. The van der Waals surface area contributed by atoms with Gasteiger partial charge in [-0.05, 0) is 49.7 Å². The summed E-state index contributed by atoms with van der Waals surface area (Å²) in [6, 6.07) is 7.78. The minimum absolute atomic E-state index is 0.206. The SMILES string of the molecule is OC1(COc2ccc(F)cc2)CCCN(Cc2ccn[nH]2)C1. The Morgan fingerprint density at radius 1 is 1.32 bits per heavy atom. The quantitative estimate of drug-likeness (QED) is 0.886. The molecule has 118 valence electrons. The van der Waals surface area contributed by atoms with Gasteiger partial charge in [0, 0.05) is 25.0 Å². The monoisotopic (exact) mass is 305 g/mol. The molecule has 1 atom stereocenters. The third-order valence-electron chi connectivity index (χ3n) is 3.91. The Kier molecular flexibility index (Phi) is 4.40. The maximum atomic E-state index is 12.9. The number of nitrogens with one attached hydrogen (secondary N) is 1. The maximum Gasteiger partial charge on any atom is 0.123 e. The van der Waals surface area contributed by atoms with Crippen LogP contribution in [0.15, 0.2) is 36.5 Å². The fourth-order valence-electron chi connectivity index (χ4n) is 2.82. The van der Waals surface area contributed by atoms with Gasteiger partial charge in [-0.1, -0.05) is 0 Å². The molecule has 2 aromatic rings. The van der Waals surface area contributed by atoms with E-state index in [1.54, 1.807) is 18.3 Å². The normalized spacial score (nSPS) is 22.6. The summed E-state index contributed by atoms with van der Waals surface area (Å²) in [6.45, 7) is 2.43. The lowest BCUT2D eigenvalue weighted by molar-refractivity contribution is -0.0623. The van der Waals surface area contributed by atoms with Crippen LogP contribution in [0.2, 0.25) is 0 Å². The first kappa shape index (κ1) is 15.0. The molecular formula is C16H20FN3O2. The zero-order valence-corrected chi connectivity index (χ0v) is 12.3. The average molecular weight is 305 g/mol. The lowest BCUT2D eigenvalue weighted by atomic mass is 9.93. The van der Waals surface area contributed by atoms with Crippen molar-refractivity contribution in [2.75, 3.05) is 19.7 Å². The van der Waals surface area contributed by atoms with E-state index in [4.69, 9.17) is 4.74 Å². The average Bonchev–Trinajstić information content (AvgIpc) is 3.00. The van der Waals surface area contributed by atoms with E-state index in [9.17, 15) is 9.50 Å². The number of aromatic amines is 1. The summed E-state index contributed by atoms with van der Waals surface area (Å²) < 4.78 is 18.5. The number of β-amino-alcohol motifs (C(OH)–C–C–N with tert-alkyl or cyclic N) is 1. The first-order chi connectivity index (χ1) is 10.6. The number of hydrogen-bond acceptors (Lipinski definition) is 4. The van der Waals surface area contributed by atoms with Crippen LogP contribution in [0, 0.1) is 5.82 Å². The Bertz CT molecular complexity index is 588. The molecule has 0 bridgehead atoms. The molecule has 0 saturated carbocycles. The van der Waals surface area contributed by atoms with Gasteiger partial charge in [-0.3, -0.25) is 10.00 Å². The van der Waals surface area contributed by atoms with Crippen LogP contribution < -0.4 is 4.74 Å². The smallest absolute Gasteiger partial charge is 0.123 e. The summed E-state index contributed by atoms with van der Waals surface area (Å²) in [4.78, 5) is 2.19. The van der Waals surface area contributed by atoms with E-state index in [0.717, 1.165) is 25.2 Å². The Labute approximate surface area is 128 Å². The van der Waals surface area contributed by atoms with Crippen LogP contribution >= 0.6 is 0 Å². The molecule has 22 heavy (non-hydrogen) atoms. The molecule has 0 amide bonds. The summed E-state index contributed by atoms with van der Waals surface area (Å²) in [5.74, 6) is 0.273. The van der Waals surface area contributed by atoms with Gasteiger partial charge in [0.25, 0.3) is 0 Å². The topological polar surface area (TPSA) is 61.4 Å². The van der Waals surface area contributed by atoms with Crippen LogP contribution in [0.5, 0.6) is 5.75 Å². The molecular weight excluding hydrogens is 285 g/mol. The largest absolute Gasteiger partial charge is 0.491 e. The molecule has 1 aromatic carbocycles. The molecule has 0 spiro atoms. The second kappa shape index (κ2) is 6.46. The summed E-state index contributed by atoms with van der Waals surface area (Å²) in [6.07, 6.45) is 3.34. The number of nitrogens with zero attached hydrogens (tertiary/aromatic N) is 2. The Hall–Kier alpha value is -1.92. The predicted octanol–water partition coefficient (Wildman–Crippen LogP) is 1.95. The van der Waals surface area contributed by atoms with Crippen LogP contribution in [-0.2, 0) is 6.54 Å². The molecule has 1 fully saturated rings. The molecule has 1 aliphatic rings. The van der Waals surface area contributed by atoms with E-state index in [1.165, 1.54) is 12.1 Å². The van der Waals surface area contributed by atoms with E-state index in [0.29, 0.717) is 18.7 Å². The summed E-state index contributed by atoms with van der Waals surface area (Å²) in [5, 5.41) is 17.6. The van der Waals surface area contributed by atoms with E-state index < -0.39 is 5.60 Å². The van der Waals surface area contributed by atoms with Gasteiger partial charge < -0.3 is 9.84 Å². The Balaban J connectivity index is 1.56. The summed E-state index contributed by atoms with van der Waals surface area (Å²) >= 11 is 0. The summed E-state index contributed by atoms with van der Waals surface area (Å²) in [7, 11) is 0. The van der Waals surface area contributed by atoms with Gasteiger partial charge in [0.1, 0.15) is 23.8 Å². The van der Waals surface area contributed by atoms with Crippen molar-refractivity contribution in [2.45, 2.75) is 25.0 Å². The number of ether oxygens (including phenoxy) is 1. The second-order valence-corrected chi connectivity index (χ2v) is 5.86. The Morgan fingerprint density at radius 2 is 2.14 bits per heavy atom. The molecule has 1 aliphatic heterocycles. The number of aromatic nitrogens is 2. The fraction of sp³-hybridized carbons (Fsp3) is 0.438. The van der Waals surface area contributed by atoms with Gasteiger partial charge in [0.2, 0.25) is 0 Å². The number of hydrogen-bond donors (Lipinski definition) is 2. The van der Waals surface area contributed by atoms with Gasteiger partial charge in [-0.2, -0.15) is 5.10 Å². The van der Waals surface area contributed by atoms with E-state index in [1.807, 2.05) is 6.07 Å². The van der Waals surface area contributed by atoms with Crippen LogP contribution in [0.1, 0.15) is 18.5 Å². The van der Waals surface area contributed by atoms with Crippen molar-refractivity contribution in [3.05, 3.63) is 48.0 Å². The molecule has 6 heteroatoms. The van der Waals surface area contributed by atoms with E-state index in [2.05, 4.69) is 15.1 Å². The minimum Gasteiger partial charge on any atom is -0.491 e. The number of halogens is 1. The number of aliphatic hydroxyl groups is 1. The van der Waals surface area contributed by atoms with Gasteiger partial charge in [0.05, 0.1) is 0 Å². The third-order valence-corrected chi connectivity index (χ3v) is 3.91. The zero-order chi connectivity index (χ0) is 15.4. The standard InChI is InChI=1S/C16H20FN3O2/c17-13-2-4-15(5-3-13)22-12-16(21)7-1-9-20(11-16)10-14-6-8-18-19-14/h2-6,8,21H,1,7,9-12H2,(H,18,19). The number of H-pyrrole nitrogens is 1. The van der Waals surface area contributed by atoms with Gasteiger partial charge in [0.15, 0.2) is 0 Å². The highest BCUT2D eigenvalue weighted by molar-refractivity contribution is 5.22. The molecule has 0 radical (unpaired) electrons. The zero-order valence-electron chi connectivity index (χ0n) is 12.3. The fourth-order valence-corrected chi connectivity index (χ4v) is 2.82. The number of piperidine rings is 1. The van der Waals surface area contributed by atoms with Gasteiger partial charge in [-0.15, -0.1) is 0 Å². The highest BCUT2D eigenvalue weighted by Gasteiger charge is 2.34.